The van der Waals surface area contributed by atoms with Crippen LogP contribution in [-0.2, 0) is 15.6 Å². The van der Waals surface area contributed by atoms with Gasteiger partial charge in [-0.15, -0.1) is 11.3 Å². The Morgan fingerprint density at radius 2 is 2.15 bits per heavy atom. The monoisotopic (exact) mass is 330 g/mol. The van der Waals surface area contributed by atoms with E-state index in [-0.39, 0.29) is 16.7 Å². The molecule has 106 valence electrons. The summed E-state index contributed by atoms with van der Waals surface area (Å²) < 4.78 is 22.3. The average molecular weight is 331 g/mol. The first-order valence-corrected chi connectivity index (χ1v) is 8.73. The van der Waals surface area contributed by atoms with Crippen LogP contribution < -0.4 is 5.32 Å². The number of amides is 1. The summed E-state index contributed by atoms with van der Waals surface area (Å²) in [6, 6.07) is 6.34. The molecule has 0 bridgehead atoms. The number of pyridine rings is 1. The summed E-state index contributed by atoms with van der Waals surface area (Å²) in [5, 5.41) is 2.71. The Hall–Kier alpha value is -1.44. The van der Waals surface area contributed by atoms with Crippen LogP contribution in [0.5, 0.6) is 0 Å². The minimum absolute atomic E-state index is 0.0724. The lowest BCUT2D eigenvalue weighted by molar-refractivity contribution is 0.0951. The maximum Gasteiger partial charge on any atom is 0.270 e. The lowest BCUT2D eigenvalue weighted by Crippen LogP contribution is -2.22. The van der Waals surface area contributed by atoms with Crippen LogP contribution >= 0.6 is 22.0 Å². The fourth-order valence-electron chi connectivity index (χ4n) is 1.54. The predicted octanol–water partition coefficient (Wildman–Crippen LogP) is 2.31. The van der Waals surface area contributed by atoms with Gasteiger partial charge in [0.1, 0.15) is 4.21 Å². The van der Waals surface area contributed by atoms with E-state index in [4.69, 9.17) is 10.7 Å². The van der Waals surface area contributed by atoms with Gasteiger partial charge in [-0.05, 0) is 31.2 Å². The summed E-state index contributed by atoms with van der Waals surface area (Å²) in [6.07, 6.45) is 1.56. The van der Waals surface area contributed by atoms with Gasteiger partial charge in [0, 0.05) is 33.0 Å². The zero-order valence-electron chi connectivity index (χ0n) is 10.5. The maximum absolute atomic E-state index is 11.9. The number of carbonyl (C=O) groups is 1. The van der Waals surface area contributed by atoms with Crippen molar-refractivity contribution in [1.82, 2.24) is 10.3 Å². The summed E-state index contributed by atoms with van der Waals surface area (Å²) in [5.41, 5.74) is 1.27. The number of aromatic nitrogens is 1. The predicted molar refractivity (Wildman–Crippen MR) is 77.5 cm³/mol. The Labute approximate surface area is 125 Å². The quantitative estimate of drug-likeness (QED) is 0.873. The topological polar surface area (TPSA) is 76.1 Å². The number of nitrogens with zero attached hydrogens (tertiary/aromatic N) is 1. The van der Waals surface area contributed by atoms with E-state index >= 15 is 0 Å². The van der Waals surface area contributed by atoms with E-state index < -0.39 is 9.05 Å². The number of aryl methyl sites for hydroxylation is 1. The number of rotatable bonds is 4. The minimum Gasteiger partial charge on any atom is -0.347 e. The molecule has 5 nitrogen and oxygen atoms in total. The highest BCUT2D eigenvalue weighted by Crippen LogP contribution is 2.24. The molecule has 0 saturated heterocycles. The molecule has 2 aromatic heterocycles. The summed E-state index contributed by atoms with van der Waals surface area (Å²) in [4.78, 5) is 16.6. The highest BCUT2D eigenvalue weighted by molar-refractivity contribution is 8.15. The first kappa shape index (κ1) is 15.0. The Morgan fingerprint density at radius 3 is 2.75 bits per heavy atom. The molecule has 0 fully saturated rings. The zero-order valence-corrected chi connectivity index (χ0v) is 12.8. The fraction of sp³-hybridized carbons (Fsp3) is 0.167. The standard InChI is InChI=1S/C12H11ClN2O3S2/c1-8-6-9(4-5-14-8)12(16)15-7-10-2-3-11(19-10)20(13,17)18/h2-6H,7H2,1H3,(H,15,16). The largest absolute Gasteiger partial charge is 0.347 e. The zero-order chi connectivity index (χ0) is 14.8. The van der Waals surface area contributed by atoms with E-state index in [1.54, 1.807) is 31.3 Å². The molecule has 1 amide bonds. The van der Waals surface area contributed by atoms with Crippen LogP contribution in [0.2, 0.25) is 0 Å². The van der Waals surface area contributed by atoms with Crippen molar-refractivity contribution < 1.29 is 13.2 Å². The molecule has 20 heavy (non-hydrogen) atoms. The first-order valence-electron chi connectivity index (χ1n) is 5.60. The highest BCUT2D eigenvalue weighted by Gasteiger charge is 2.13. The van der Waals surface area contributed by atoms with Gasteiger partial charge in [-0.2, -0.15) is 0 Å². The second-order valence-electron chi connectivity index (χ2n) is 4.03. The van der Waals surface area contributed by atoms with Crippen molar-refractivity contribution in [3.63, 3.8) is 0 Å². The lowest BCUT2D eigenvalue weighted by Gasteiger charge is -2.03. The number of carbonyl (C=O) groups excluding carboxylic acids is 1. The minimum atomic E-state index is -3.71. The molecule has 0 saturated carbocycles. The normalized spacial score (nSPS) is 11.3. The van der Waals surface area contributed by atoms with Crippen molar-refractivity contribution in [1.29, 1.82) is 0 Å². The number of hydrogen-bond acceptors (Lipinski definition) is 5. The molecule has 1 N–H and O–H groups in total. The molecule has 2 heterocycles. The molecule has 2 rings (SSSR count). The van der Waals surface area contributed by atoms with Gasteiger partial charge in [0.2, 0.25) is 0 Å². The second kappa shape index (κ2) is 5.90. The SMILES string of the molecule is Cc1cc(C(=O)NCc2ccc(S(=O)(=O)Cl)s2)ccn1. The Morgan fingerprint density at radius 1 is 1.40 bits per heavy atom. The molecule has 0 aliphatic heterocycles. The third-order valence-corrected chi connectivity index (χ3v) is 5.64. The Bertz CT molecular complexity index is 741. The molecule has 0 aromatic carbocycles. The van der Waals surface area contributed by atoms with Crippen molar-refractivity contribution in [3.8, 4) is 0 Å². The first-order chi connectivity index (χ1) is 9.36. The van der Waals surface area contributed by atoms with E-state index in [0.717, 1.165) is 17.0 Å². The summed E-state index contributed by atoms with van der Waals surface area (Å²) in [7, 11) is 1.53. The van der Waals surface area contributed by atoms with Crippen LogP contribution in [0.1, 0.15) is 20.9 Å². The van der Waals surface area contributed by atoms with Gasteiger partial charge in [0.05, 0.1) is 6.54 Å². The molecule has 0 atom stereocenters. The van der Waals surface area contributed by atoms with Crippen molar-refractivity contribution >= 4 is 37.0 Å². The summed E-state index contributed by atoms with van der Waals surface area (Å²) in [6.45, 7) is 2.05. The second-order valence-corrected chi connectivity index (χ2v) is 7.99. The molecule has 0 spiro atoms. The number of halogens is 1. The molecule has 2 aromatic rings. The fourth-order valence-corrected chi connectivity index (χ4v) is 3.60. The maximum atomic E-state index is 11.9. The van der Waals surface area contributed by atoms with Crippen LogP contribution in [0, 0.1) is 6.92 Å². The third kappa shape index (κ3) is 3.78. The average Bonchev–Trinajstić information content (AvgIpc) is 2.84. The van der Waals surface area contributed by atoms with Crippen LogP contribution in [0.15, 0.2) is 34.7 Å². The molecule has 0 radical (unpaired) electrons. The van der Waals surface area contributed by atoms with Gasteiger partial charge in [-0.3, -0.25) is 9.78 Å². The molecule has 0 aliphatic rings. The van der Waals surface area contributed by atoms with Crippen molar-refractivity contribution in [2.24, 2.45) is 0 Å². The van der Waals surface area contributed by atoms with Crippen molar-refractivity contribution in [2.75, 3.05) is 0 Å². The van der Waals surface area contributed by atoms with Gasteiger partial charge in [-0.25, -0.2) is 8.42 Å². The van der Waals surface area contributed by atoms with E-state index in [1.165, 1.54) is 6.07 Å². The lowest BCUT2D eigenvalue weighted by atomic mass is 10.2. The van der Waals surface area contributed by atoms with Crippen LogP contribution in [0.3, 0.4) is 0 Å². The molecular formula is C12H11ClN2O3S2. The van der Waals surface area contributed by atoms with E-state index in [9.17, 15) is 13.2 Å². The van der Waals surface area contributed by atoms with Crippen molar-refractivity contribution in [3.05, 3.63) is 46.6 Å². The van der Waals surface area contributed by atoms with Gasteiger partial charge >= 0.3 is 0 Å². The number of thiophene rings is 1. The van der Waals surface area contributed by atoms with Gasteiger partial charge in [0.25, 0.3) is 15.0 Å². The van der Waals surface area contributed by atoms with Crippen LogP contribution in [-0.4, -0.2) is 19.3 Å². The molecular weight excluding hydrogens is 320 g/mol. The van der Waals surface area contributed by atoms with Gasteiger partial charge in [-0.1, -0.05) is 0 Å². The smallest absolute Gasteiger partial charge is 0.270 e. The molecule has 0 aliphatic carbocycles. The summed E-state index contributed by atoms with van der Waals surface area (Å²) in [5.74, 6) is -0.237. The van der Waals surface area contributed by atoms with E-state index in [2.05, 4.69) is 10.3 Å². The third-order valence-electron chi connectivity index (χ3n) is 2.46. The van der Waals surface area contributed by atoms with Gasteiger partial charge < -0.3 is 5.32 Å². The number of nitrogens with one attached hydrogen (secondary N) is 1. The molecule has 8 heteroatoms. The van der Waals surface area contributed by atoms with Gasteiger partial charge in [0.15, 0.2) is 0 Å². The Kier molecular flexibility index (Phi) is 4.42. The summed E-state index contributed by atoms with van der Waals surface area (Å²) >= 11 is 1.03. The van der Waals surface area contributed by atoms with E-state index in [1.807, 2.05) is 0 Å². The van der Waals surface area contributed by atoms with Crippen molar-refractivity contribution in [2.45, 2.75) is 17.7 Å². The van der Waals surface area contributed by atoms with Crippen LogP contribution in [0.4, 0.5) is 0 Å². The highest BCUT2D eigenvalue weighted by atomic mass is 35.7. The Balaban J connectivity index is 2.02. The number of hydrogen-bond donors (Lipinski definition) is 1. The molecule has 0 unspecified atom stereocenters. The van der Waals surface area contributed by atoms with Crippen LogP contribution in [0.25, 0.3) is 0 Å². The van der Waals surface area contributed by atoms with E-state index in [0.29, 0.717) is 10.4 Å².